The molecule has 0 N–H and O–H groups in total. The molecule has 0 amide bonds. The third kappa shape index (κ3) is 4.42. The molecule has 0 saturated carbocycles. The Balaban J connectivity index is 0.964. The van der Waals surface area contributed by atoms with E-state index in [0.29, 0.717) is 5.56 Å². The number of rotatable bonds is 3. The lowest BCUT2D eigenvalue weighted by Crippen LogP contribution is -1.98. The van der Waals surface area contributed by atoms with Gasteiger partial charge in [-0.3, -0.25) is 0 Å². The van der Waals surface area contributed by atoms with E-state index in [1.54, 1.807) is 0 Å². The van der Waals surface area contributed by atoms with E-state index in [1.807, 2.05) is 18.2 Å². The molecule has 0 atom stereocenters. The van der Waals surface area contributed by atoms with Crippen LogP contribution in [0.5, 0.6) is 11.5 Å². The van der Waals surface area contributed by atoms with Gasteiger partial charge < -0.3 is 4.74 Å². The van der Waals surface area contributed by atoms with Gasteiger partial charge in [-0.05, 0) is 141 Å². The maximum Gasteiger partial charge on any atom is 0.136 e. The van der Waals surface area contributed by atoms with Crippen LogP contribution in [0.15, 0.2) is 176 Å². The molecule has 0 aliphatic carbocycles. The lowest BCUT2D eigenvalue weighted by Gasteiger charge is -2.22. The molecule has 55 heavy (non-hydrogen) atoms. The highest BCUT2D eigenvalue weighted by Crippen LogP contribution is 2.49. The maximum absolute atomic E-state index is 9.45. The minimum atomic E-state index is 0.593. The molecule has 0 spiro atoms. The minimum absolute atomic E-state index is 0.593. The Morgan fingerprint density at radius 1 is 0.327 bits per heavy atom. The van der Waals surface area contributed by atoms with Crippen molar-refractivity contribution in [2.45, 2.75) is 0 Å². The fourth-order valence-electron chi connectivity index (χ4n) is 9.20. The van der Waals surface area contributed by atoms with E-state index in [2.05, 4.69) is 164 Å². The van der Waals surface area contributed by atoms with Gasteiger partial charge in [0.2, 0.25) is 0 Å². The van der Waals surface area contributed by atoms with Gasteiger partial charge in [-0.2, -0.15) is 5.26 Å². The highest BCUT2D eigenvalue weighted by Gasteiger charge is 2.22. The van der Waals surface area contributed by atoms with Gasteiger partial charge in [0.25, 0.3) is 0 Å². The summed E-state index contributed by atoms with van der Waals surface area (Å²) in [6.07, 6.45) is 0. The van der Waals surface area contributed by atoms with Gasteiger partial charge in [0.05, 0.1) is 11.6 Å². The van der Waals surface area contributed by atoms with Crippen molar-refractivity contribution in [3.05, 3.63) is 181 Å². The Bertz CT molecular complexity index is 3480. The number of nitriles is 1. The summed E-state index contributed by atoms with van der Waals surface area (Å²) in [6, 6.07) is 66.0. The third-order valence-electron chi connectivity index (χ3n) is 11.8. The van der Waals surface area contributed by atoms with Gasteiger partial charge in [0.15, 0.2) is 0 Å². The monoisotopic (exact) mass is 695 g/mol. The van der Waals surface area contributed by atoms with Crippen LogP contribution in [-0.2, 0) is 0 Å². The van der Waals surface area contributed by atoms with E-state index in [9.17, 15) is 5.26 Å². The predicted molar refractivity (Wildman–Crippen MR) is 229 cm³/mol. The lowest BCUT2D eigenvalue weighted by atomic mass is 9.86. The Morgan fingerprint density at radius 3 is 1.47 bits per heavy atom. The molecule has 0 unspecified atom stereocenters. The molecule has 0 bridgehead atoms. The molecule has 2 nitrogen and oxygen atoms in total. The number of hydrogen-bond acceptors (Lipinski definition) is 2. The van der Waals surface area contributed by atoms with Gasteiger partial charge in [0.1, 0.15) is 11.5 Å². The number of ether oxygens (including phenoxy) is 1. The lowest BCUT2D eigenvalue weighted by molar-refractivity contribution is 0.487. The number of hydrogen-bond donors (Lipinski definition) is 0. The van der Waals surface area contributed by atoms with E-state index >= 15 is 0 Å². The van der Waals surface area contributed by atoms with E-state index in [1.165, 1.54) is 87.2 Å². The molecule has 12 rings (SSSR count). The first-order valence-corrected chi connectivity index (χ1v) is 18.7. The second-order valence-corrected chi connectivity index (χ2v) is 14.8. The second-order valence-electron chi connectivity index (χ2n) is 14.8. The molecule has 1 aliphatic rings. The zero-order valence-electron chi connectivity index (χ0n) is 29.6. The molecule has 11 aromatic rings. The summed E-state index contributed by atoms with van der Waals surface area (Å²) in [6.45, 7) is 0. The fourth-order valence-corrected chi connectivity index (χ4v) is 9.20. The highest BCUT2D eigenvalue weighted by molar-refractivity contribution is 6.27. The molecule has 1 heterocycles. The first-order chi connectivity index (χ1) is 27.2. The number of nitrogens with zero attached hydrogens (tertiary/aromatic N) is 1. The van der Waals surface area contributed by atoms with Crippen molar-refractivity contribution in [2.75, 3.05) is 0 Å². The molecule has 0 fully saturated rings. The summed E-state index contributed by atoms with van der Waals surface area (Å²) in [5, 5.41) is 24.4. The van der Waals surface area contributed by atoms with E-state index in [4.69, 9.17) is 4.74 Å². The third-order valence-corrected chi connectivity index (χ3v) is 11.8. The average Bonchev–Trinajstić information content (AvgIpc) is 3.25. The summed E-state index contributed by atoms with van der Waals surface area (Å²) >= 11 is 0. The Labute approximate surface area is 317 Å². The minimum Gasteiger partial charge on any atom is -0.456 e. The Morgan fingerprint density at radius 2 is 0.836 bits per heavy atom. The fraction of sp³-hybridized carbons (Fsp3) is 0. The summed E-state index contributed by atoms with van der Waals surface area (Å²) in [5.41, 5.74) is 10.0. The zero-order chi connectivity index (χ0) is 36.2. The summed E-state index contributed by atoms with van der Waals surface area (Å²) < 4.78 is 6.37. The molecular formula is C53H29NO. The van der Waals surface area contributed by atoms with E-state index in [0.717, 1.165) is 33.4 Å². The first kappa shape index (κ1) is 30.0. The van der Waals surface area contributed by atoms with Gasteiger partial charge in [-0.25, -0.2) is 0 Å². The second kappa shape index (κ2) is 11.3. The normalized spacial score (nSPS) is 12.1. The Hall–Kier alpha value is -7.47. The molecule has 0 aromatic heterocycles. The standard InChI is InChI=1S/C53H29NO/c54-30-31-8-19-44-46-7-3-6-45-43(24-25-49(53(45)46)55-50(44)26-31)40-14-11-36-28-39(13-10-37(36)29-40)42-21-16-34-17-22-47-41(20-15-33-18-23-48(42)52(34)51(33)47)38-12-9-32-4-1-2-5-35(32)27-38/h1-29H. The van der Waals surface area contributed by atoms with Crippen LogP contribution < -0.4 is 4.74 Å². The van der Waals surface area contributed by atoms with Gasteiger partial charge in [-0.1, -0.05) is 133 Å². The molecule has 0 saturated heterocycles. The van der Waals surface area contributed by atoms with Crippen LogP contribution in [0.2, 0.25) is 0 Å². The average molecular weight is 696 g/mol. The van der Waals surface area contributed by atoms with Crippen molar-refractivity contribution in [3.8, 4) is 62.1 Å². The summed E-state index contributed by atoms with van der Waals surface area (Å²) in [5.74, 6) is 1.55. The zero-order valence-corrected chi connectivity index (χ0v) is 29.6. The number of fused-ring (bicyclic) bond motifs is 4. The summed E-state index contributed by atoms with van der Waals surface area (Å²) in [7, 11) is 0. The van der Waals surface area contributed by atoms with Crippen molar-refractivity contribution in [3.63, 3.8) is 0 Å². The molecule has 2 heteroatoms. The largest absolute Gasteiger partial charge is 0.456 e. The SMILES string of the molecule is N#Cc1ccc2c(c1)Oc1ccc(-c3ccc4cc(-c5ccc6ccc7c(-c8ccc9ccccc9c8)ccc8ccc5c6c87)ccc4c3)c3cccc-2c13. The van der Waals surface area contributed by atoms with Crippen molar-refractivity contribution in [2.24, 2.45) is 0 Å². The van der Waals surface area contributed by atoms with Crippen LogP contribution >= 0.6 is 0 Å². The van der Waals surface area contributed by atoms with Crippen LogP contribution in [-0.4, -0.2) is 0 Å². The van der Waals surface area contributed by atoms with Crippen LogP contribution in [0.1, 0.15) is 5.56 Å². The van der Waals surface area contributed by atoms with Gasteiger partial charge >= 0.3 is 0 Å². The van der Waals surface area contributed by atoms with Crippen molar-refractivity contribution < 1.29 is 4.74 Å². The van der Waals surface area contributed by atoms with Crippen LogP contribution in [0.3, 0.4) is 0 Å². The van der Waals surface area contributed by atoms with E-state index in [-0.39, 0.29) is 0 Å². The van der Waals surface area contributed by atoms with Gasteiger partial charge in [0, 0.05) is 10.9 Å². The quantitative estimate of drug-likeness (QED) is 0.172. The van der Waals surface area contributed by atoms with Gasteiger partial charge in [-0.15, -0.1) is 0 Å². The molecular weight excluding hydrogens is 667 g/mol. The van der Waals surface area contributed by atoms with E-state index < -0.39 is 0 Å². The van der Waals surface area contributed by atoms with Crippen LogP contribution in [0, 0.1) is 11.3 Å². The molecule has 11 aromatic carbocycles. The number of benzene rings is 11. The maximum atomic E-state index is 9.45. The molecule has 0 radical (unpaired) electrons. The smallest absolute Gasteiger partial charge is 0.136 e. The summed E-state index contributed by atoms with van der Waals surface area (Å²) in [4.78, 5) is 0. The Kier molecular flexibility index (Phi) is 6.15. The van der Waals surface area contributed by atoms with Crippen LogP contribution in [0.25, 0.3) is 109 Å². The highest BCUT2D eigenvalue weighted by atomic mass is 16.5. The van der Waals surface area contributed by atoms with Crippen LogP contribution in [0.4, 0.5) is 0 Å². The van der Waals surface area contributed by atoms with Crippen molar-refractivity contribution in [1.29, 1.82) is 5.26 Å². The predicted octanol–water partition coefficient (Wildman–Crippen LogP) is 14.7. The first-order valence-electron chi connectivity index (χ1n) is 18.7. The topological polar surface area (TPSA) is 33.0 Å². The molecule has 1 aliphatic heterocycles. The van der Waals surface area contributed by atoms with Crippen molar-refractivity contribution in [1.82, 2.24) is 0 Å². The molecule has 252 valence electrons. The van der Waals surface area contributed by atoms with Crippen molar-refractivity contribution >= 4 is 64.6 Å².